The highest BCUT2D eigenvalue weighted by Gasteiger charge is 2.28. The van der Waals surface area contributed by atoms with E-state index in [-0.39, 0.29) is 11.8 Å². The predicted molar refractivity (Wildman–Crippen MR) is 86.8 cm³/mol. The van der Waals surface area contributed by atoms with Crippen LogP contribution in [0.1, 0.15) is 6.42 Å². The Kier molecular flexibility index (Phi) is 4.11. The van der Waals surface area contributed by atoms with Crippen LogP contribution >= 0.6 is 11.6 Å². The highest BCUT2D eigenvalue weighted by Crippen LogP contribution is 2.24. The van der Waals surface area contributed by atoms with Crippen LogP contribution in [-0.4, -0.2) is 19.0 Å². The number of halogens is 1. The number of amides is 1. The van der Waals surface area contributed by atoms with Crippen molar-refractivity contribution in [1.82, 2.24) is 0 Å². The van der Waals surface area contributed by atoms with E-state index in [1.54, 1.807) is 12.1 Å². The molecule has 1 saturated heterocycles. The molecule has 4 heteroatoms. The molecular weight excluding hydrogens is 284 g/mol. The van der Waals surface area contributed by atoms with E-state index < -0.39 is 0 Å². The van der Waals surface area contributed by atoms with Gasteiger partial charge in [-0.05, 0) is 42.8 Å². The van der Waals surface area contributed by atoms with Crippen LogP contribution in [0.15, 0.2) is 54.6 Å². The molecule has 1 atom stereocenters. The molecule has 108 valence electrons. The number of anilines is 2. The molecule has 0 bridgehead atoms. The summed E-state index contributed by atoms with van der Waals surface area (Å²) in [6, 6.07) is 17.4. The molecule has 0 radical (unpaired) electrons. The van der Waals surface area contributed by atoms with E-state index in [0.29, 0.717) is 5.02 Å². The zero-order chi connectivity index (χ0) is 14.7. The van der Waals surface area contributed by atoms with Gasteiger partial charge in [-0.25, -0.2) is 0 Å². The highest BCUT2D eigenvalue weighted by atomic mass is 35.5. The summed E-state index contributed by atoms with van der Waals surface area (Å²) in [5, 5.41) is 3.63. The molecule has 0 spiro atoms. The maximum atomic E-state index is 12.3. The second kappa shape index (κ2) is 6.19. The fourth-order valence-electron chi connectivity index (χ4n) is 2.63. The summed E-state index contributed by atoms with van der Waals surface area (Å²) >= 11 is 5.84. The highest BCUT2D eigenvalue weighted by molar-refractivity contribution is 6.30. The Morgan fingerprint density at radius 2 is 1.81 bits per heavy atom. The molecule has 0 saturated carbocycles. The molecule has 0 aromatic heterocycles. The van der Waals surface area contributed by atoms with Crippen LogP contribution in [0, 0.1) is 5.92 Å². The Balaban J connectivity index is 1.61. The van der Waals surface area contributed by atoms with Gasteiger partial charge in [0.25, 0.3) is 0 Å². The topological polar surface area (TPSA) is 32.3 Å². The summed E-state index contributed by atoms with van der Waals surface area (Å²) in [6.07, 6.45) is 0.883. The van der Waals surface area contributed by atoms with E-state index >= 15 is 0 Å². The number of nitrogens with zero attached hydrogens (tertiary/aromatic N) is 1. The molecule has 3 nitrogen and oxygen atoms in total. The molecule has 1 heterocycles. The molecule has 21 heavy (non-hydrogen) atoms. The van der Waals surface area contributed by atoms with Crippen molar-refractivity contribution in [3.8, 4) is 0 Å². The van der Waals surface area contributed by atoms with Gasteiger partial charge in [-0.15, -0.1) is 0 Å². The number of hydrogen-bond donors (Lipinski definition) is 1. The third-order valence-corrected chi connectivity index (χ3v) is 4.04. The van der Waals surface area contributed by atoms with Crippen LogP contribution in [0.2, 0.25) is 5.02 Å². The van der Waals surface area contributed by atoms with E-state index in [9.17, 15) is 4.79 Å². The van der Waals surface area contributed by atoms with Gasteiger partial charge in [-0.2, -0.15) is 0 Å². The molecule has 1 aliphatic rings. The van der Waals surface area contributed by atoms with Crippen molar-refractivity contribution >= 4 is 28.9 Å². The molecule has 1 unspecified atom stereocenters. The number of carbonyl (C=O) groups is 1. The molecule has 3 rings (SSSR count). The maximum absolute atomic E-state index is 12.3. The lowest BCUT2D eigenvalue weighted by atomic mass is 10.1. The molecule has 2 aromatic carbocycles. The van der Waals surface area contributed by atoms with Gasteiger partial charge in [0, 0.05) is 29.5 Å². The SMILES string of the molecule is O=C(Nc1ccc(Cl)cc1)C1CCN(c2ccccc2)C1. The fourth-order valence-corrected chi connectivity index (χ4v) is 2.75. The monoisotopic (exact) mass is 300 g/mol. The lowest BCUT2D eigenvalue weighted by Crippen LogP contribution is -2.26. The smallest absolute Gasteiger partial charge is 0.229 e. The Labute approximate surface area is 129 Å². The molecule has 0 aliphatic carbocycles. The van der Waals surface area contributed by atoms with Gasteiger partial charge in [0.1, 0.15) is 0 Å². The first kappa shape index (κ1) is 14.0. The molecule has 2 aromatic rings. The van der Waals surface area contributed by atoms with Crippen molar-refractivity contribution in [1.29, 1.82) is 0 Å². The van der Waals surface area contributed by atoms with Gasteiger partial charge < -0.3 is 10.2 Å². The third kappa shape index (κ3) is 3.37. The minimum absolute atomic E-state index is 0.0286. The summed E-state index contributed by atoms with van der Waals surface area (Å²) in [5.41, 5.74) is 1.97. The minimum atomic E-state index is 0.0286. The van der Waals surface area contributed by atoms with Gasteiger partial charge in [0.05, 0.1) is 5.92 Å². The van der Waals surface area contributed by atoms with Crippen LogP contribution in [0.25, 0.3) is 0 Å². The second-order valence-corrected chi connectivity index (χ2v) is 5.70. The lowest BCUT2D eigenvalue weighted by molar-refractivity contribution is -0.119. The number of carbonyl (C=O) groups excluding carboxylic acids is 1. The van der Waals surface area contributed by atoms with Gasteiger partial charge in [0.15, 0.2) is 0 Å². The summed E-state index contributed by atoms with van der Waals surface area (Å²) in [5.74, 6) is 0.108. The van der Waals surface area contributed by atoms with Crippen molar-refractivity contribution in [2.24, 2.45) is 5.92 Å². The number of nitrogens with one attached hydrogen (secondary N) is 1. The van der Waals surface area contributed by atoms with Crippen LogP contribution in [0.3, 0.4) is 0 Å². The van der Waals surface area contributed by atoms with Crippen LogP contribution in [0.5, 0.6) is 0 Å². The first-order chi connectivity index (χ1) is 10.2. The Morgan fingerprint density at radius 3 is 2.52 bits per heavy atom. The van der Waals surface area contributed by atoms with E-state index in [4.69, 9.17) is 11.6 Å². The molecule has 1 amide bonds. The standard InChI is InChI=1S/C17H17ClN2O/c18-14-6-8-15(9-7-14)19-17(21)13-10-11-20(12-13)16-4-2-1-3-5-16/h1-9,13H,10-12H2,(H,19,21). The molecule has 1 fully saturated rings. The molecule has 1 aliphatic heterocycles. The quantitative estimate of drug-likeness (QED) is 0.935. The van der Waals surface area contributed by atoms with E-state index in [2.05, 4.69) is 22.3 Å². The summed E-state index contributed by atoms with van der Waals surface area (Å²) < 4.78 is 0. The minimum Gasteiger partial charge on any atom is -0.371 e. The maximum Gasteiger partial charge on any atom is 0.229 e. The van der Waals surface area contributed by atoms with E-state index in [0.717, 1.165) is 25.2 Å². The summed E-state index contributed by atoms with van der Waals surface area (Å²) in [7, 11) is 0. The van der Waals surface area contributed by atoms with E-state index in [1.807, 2.05) is 30.3 Å². The lowest BCUT2D eigenvalue weighted by Gasteiger charge is -2.18. The van der Waals surface area contributed by atoms with Gasteiger partial charge >= 0.3 is 0 Å². The largest absolute Gasteiger partial charge is 0.371 e. The summed E-state index contributed by atoms with van der Waals surface area (Å²) in [4.78, 5) is 14.6. The third-order valence-electron chi connectivity index (χ3n) is 3.79. The second-order valence-electron chi connectivity index (χ2n) is 5.26. The Bertz CT molecular complexity index is 612. The normalized spacial score (nSPS) is 17.8. The van der Waals surface area contributed by atoms with Crippen LogP contribution in [0.4, 0.5) is 11.4 Å². The number of benzene rings is 2. The van der Waals surface area contributed by atoms with Gasteiger partial charge in [0.2, 0.25) is 5.91 Å². The number of para-hydroxylation sites is 1. The first-order valence-electron chi connectivity index (χ1n) is 7.09. The Hall–Kier alpha value is -2.00. The van der Waals surface area contributed by atoms with Crippen LogP contribution < -0.4 is 10.2 Å². The molecular formula is C17H17ClN2O. The zero-order valence-electron chi connectivity index (χ0n) is 11.6. The molecule has 1 N–H and O–H groups in total. The average molecular weight is 301 g/mol. The van der Waals surface area contributed by atoms with Crippen molar-refractivity contribution < 1.29 is 4.79 Å². The predicted octanol–water partition coefficient (Wildman–Crippen LogP) is 3.81. The van der Waals surface area contributed by atoms with Crippen molar-refractivity contribution in [3.05, 3.63) is 59.6 Å². The van der Waals surface area contributed by atoms with E-state index in [1.165, 1.54) is 5.69 Å². The number of hydrogen-bond acceptors (Lipinski definition) is 2. The Morgan fingerprint density at radius 1 is 1.10 bits per heavy atom. The fraction of sp³-hybridized carbons (Fsp3) is 0.235. The van der Waals surface area contributed by atoms with Gasteiger partial charge in [-0.1, -0.05) is 29.8 Å². The van der Waals surface area contributed by atoms with Crippen molar-refractivity contribution in [2.45, 2.75) is 6.42 Å². The van der Waals surface area contributed by atoms with Crippen molar-refractivity contribution in [3.63, 3.8) is 0 Å². The zero-order valence-corrected chi connectivity index (χ0v) is 12.4. The summed E-state index contributed by atoms with van der Waals surface area (Å²) in [6.45, 7) is 1.69. The number of rotatable bonds is 3. The van der Waals surface area contributed by atoms with Gasteiger partial charge in [-0.3, -0.25) is 4.79 Å². The average Bonchev–Trinajstić information content (AvgIpc) is 3.00. The van der Waals surface area contributed by atoms with Crippen LogP contribution in [-0.2, 0) is 4.79 Å². The first-order valence-corrected chi connectivity index (χ1v) is 7.46. The van der Waals surface area contributed by atoms with Crippen molar-refractivity contribution in [2.75, 3.05) is 23.3 Å².